The Bertz CT molecular complexity index is 667. The van der Waals surface area contributed by atoms with Gasteiger partial charge in [0.15, 0.2) is 5.78 Å². The molecule has 3 nitrogen and oxygen atoms in total. The Labute approximate surface area is 138 Å². The molecule has 120 valence electrons. The van der Waals surface area contributed by atoms with Crippen LogP contribution in [0.4, 0.5) is 5.69 Å². The highest BCUT2D eigenvalue weighted by molar-refractivity contribution is 6.00. The summed E-state index contributed by atoms with van der Waals surface area (Å²) in [5.74, 6) is 0.173. The molecule has 0 fully saturated rings. The monoisotopic (exact) mass is 308 g/mol. The minimum Gasteiger partial charge on any atom is -0.385 e. The van der Waals surface area contributed by atoms with Gasteiger partial charge in [-0.15, -0.1) is 0 Å². The highest BCUT2D eigenvalue weighted by Gasteiger charge is 2.17. The molecule has 0 amide bonds. The van der Waals surface area contributed by atoms with Crippen LogP contribution in [0.25, 0.3) is 0 Å². The lowest BCUT2D eigenvalue weighted by atomic mass is 9.97. The summed E-state index contributed by atoms with van der Waals surface area (Å²) in [5, 5.41) is 6.73. The summed E-state index contributed by atoms with van der Waals surface area (Å²) in [5.41, 5.74) is 4.54. The molecule has 0 saturated carbocycles. The fourth-order valence-electron chi connectivity index (χ4n) is 3.05. The molecule has 2 aromatic carbocycles. The standard InChI is InChI=1S/C20H24N2O/c1-15(21-13-11-16-6-3-2-4-7-16)20(23)18-9-10-19-17(14-18)8-5-12-22-19/h2-4,6-7,9-10,14-15,21-22H,5,8,11-13H2,1H3. The zero-order valence-electron chi connectivity index (χ0n) is 13.6. The third-order valence-corrected chi connectivity index (χ3v) is 4.43. The summed E-state index contributed by atoms with van der Waals surface area (Å²) < 4.78 is 0. The van der Waals surface area contributed by atoms with Crippen LogP contribution in [0.15, 0.2) is 48.5 Å². The van der Waals surface area contributed by atoms with Crippen LogP contribution in [0.1, 0.15) is 34.8 Å². The Morgan fingerprint density at radius 2 is 2.04 bits per heavy atom. The molecule has 2 aromatic rings. The van der Waals surface area contributed by atoms with E-state index < -0.39 is 0 Å². The maximum absolute atomic E-state index is 12.6. The highest BCUT2D eigenvalue weighted by Crippen LogP contribution is 2.23. The summed E-state index contributed by atoms with van der Waals surface area (Å²) in [6, 6.07) is 16.2. The molecule has 1 atom stereocenters. The predicted octanol–water partition coefficient (Wildman–Crippen LogP) is 3.45. The third-order valence-electron chi connectivity index (χ3n) is 4.43. The highest BCUT2D eigenvalue weighted by atomic mass is 16.1. The van der Waals surface area contributed by atoms with Crippen LogP contribution in [0.3, 0.4) is 0 Å². The maximum Gasteiger partial charge on any atom is 0.179 e. The van der Waals surface area contributed by atoms with Crippen LogP contribution in [0, 0.1) is 0 Å². The Kier molecular flexibility index (Phi) is 5.09. The quantitative estimate of drug-likeness (QED) is 0.803. The maximum atomic E-state index is 12.6. The minimum absolute atomic E-state index is 0.159. The van der Waals surface area contributed by atoms with Gasteiger partial charge in [-0.05, 0) is 62.1 Å². The van der Waals surface area contributed by atoms with Crippen molar-refractivity contribution in [1.82, 2.24) is 5.32 Å². The number of fused-ring (bicyclic) bond motifs is 1. The molecule has 0 aliphatic carbocycles. The van der Waals surface area contributed by atoms with Crippen LogP contribution in [0.2, 0.25) is 0 Å². The first-order chi connectivity index (χ1) is 11.2. The van der Waals surface area contributed by atoms with E-state index in [0.717, 1.165) is 37.9 Å². The molecule has 1 aliphatic rings. The lowest BCUT2D eigenvalue weighted by Crippen LogP contribution is -2.35. The van der Waals surface area contributed by atoms with Crippen molar-refractivity contribution < 1.29 is 4.79 Å². The Morgan fingerprint density at radius 3 is 2.87 bits per heavy atom. The number of anilines is 1. The molecule has 0 saturated heterocycles. The number of hydrogen-bond donors (Lipinski definition) is 2. The number of aryl methyl sites for hydroxylation is 1. The van der Waals surface area contributed by atoms with Gasteiger partial charge in [-0.3, -0.25) is 4.79 Å². The van der Waals surface area contributed by atoms with E-state index in [0.29, 0.717) is 0 Å². The van der Waals surface area contributed by atoms with Gasteiger partial charge in [0.05, 0.1) is 6.04 Å². The van der Waals surface area contributed by atoms with Gasteiger partial charge in [0, 0.05) is 17.8 Å². The van der Waals surface area contributed by atoms with Gasteiger partial charge in [0.25, 0.3) is 0 Å². The summed E-state index contributed by atoms with van der Waals surface area (Å²) in [6.07, 6.45) is 3.13. The molecule has 3 rings (SSSR count). The molecule has 1 unspecified atom stereocenters. The predicted molar refractivity (Wildman–Crippen MR) is 95.2 cm³/mol. The van der Waals surface area contributed by atoms with Crippen LogP contribution in [-0.4, -0.2) is 24.9 Å². The van der Waals surface area contributed by atoms with E-state index in [1.807, 2.05) is 37.3 Å². The molecule has 0 radical (unpaired) electrons. The molecule has 0 bridgehead atoms. The Hall–Kier alpha value is -2.13. The number of ketones is 1. The van der Waals surface area contributed by atoms with E-state index in [-0.39, 0.29) is 11.8 Å². The van der Waals surface area contributed by atoms with Gasteiger partial charge >= 0.3 is 0 Å². The van der Waals surface area contributed by atoms with Gasteiger partial charge in [0.1, 0.15) is 0 Å². The summed E-state index contributed by atoms with van der Waals surface area (Å²) in [6.45, 7) is 3.78. The van der Waals surface area contributed by atoms with Gasteiger partial charge in [0.2, 0.25) is 0 Å². The molecule has 0 aromatic heterocycles. The smallest absolute Gasteiger partial charge is 0.179 e. The van der Waals surface area contributed by atoms with E-state index >= 15 is 0 Å². The summed E-state index contributed by atoms with van der Waals surface area (Å²) in [4.78, 5) is 12.6. The average molecular weight is 308 g/mol. The van der Waals surface area contributed by atoms with E-state index in [2.05, 4.69) is 28.8 Å². The molecule has 2 N–H and O–H groups in total. The zero-order valence-corrected chi connectivity index (χ0v) is 13.6. The summed E-state index contributed by atoms with van der Waals surface area (Å²) >= 11 is 0. The summed E-state index contributed by atoms with van der Waals surface area (Å²) in [7, 11) is 0. The molecule has 23 heavy (non-hydrogen) atoms. The second-order valence-electron chi connectivity index (χ2n) is 6.18. The first-order valence-electron chi connectivity index (χ1n) is 8.42. The third kappa shape index (κ3) is 3.99. The van der Waals surface area contributed by atoms with Gasteiger partial charge < -0.3 is 10.6 Å². The fourth-order valence-corrected chi connectivity index (χ4v) is 3.05. The van der Waals surface area contributed by atoms with Crippen molar-refractivity contribution in [2.75, 3.05) is 18.4 Å². The molecular weight excluding hydrogens is 284 g/mol. The average Bonchev–Trinajstić information content (AvgIpc) is 2.61. The first kappa shape index (κ1) is 15.8. The Morgan fingerprint density at radius 1 is 1.22 bits per heavy atom. The normalized spacial score (nSPS) is 14.7. The fraction of sp³-hybridized carbons (Fsp3) is 0.350. The van der Waals surface area contributed by atoms with Crippen LogP contribution in [0.5, 0.6) is 0 Å². The van der Waals surface area contributed by atoms with Crippen molar-refractivity contribution in [3.05, 3.63) is 65.2 Å². The molecule has 1 aliphatic heterocycles. The van der Waals surface area contributed by atoms with Crippen LogP contribution in [-0.2, 0) is 12.8 Å². The van der Waals surface area contributed by atoms with E-state index in [9.17, 15) is 4.79 Å². The van der Waals surface area contributed by atoms with Gasteiger partial charge in [-0.25, -0.2) is 0 Å². The molecular formula is C20H24N2O. The van der Waals surface area contributed by atoms with Crippen molar-refractivity contribution in [3.8, 4) is 0 Å². The lowest BCUT2D eigenvalue weighted by Gasteiger charge is -2.19. The number of rotatable bonds is 6. The number of carbonyl (C=O) groups is 1. The second-order valence-corrected chi connectivity index (χ2v) is 6.18. The number of hydrogen-bond acceptors (Lipinski definition) is 3. The molecule has 1 heterocycles. The number of nitrogens with one attached hydrogen (secondary N) is 2. The Balaban J connectivity index is 1.57. The van der Waals surface area contributed by atoms with Crippen molar-refractivity contribution in [2.24, 2.45) is 0 Å². The van der Waals surface area contributed by atoms with Gasteiger partial charge in [-0.1, -0.05) is 30.3 Å². The zero-order chi connectivity index (χ0) is 16.1. The molecule has 0 spiro atoms. The van der Waals surface area contributed by atoms with E-state index in [4.69, 9.17) is 0 Å². The van der Waals surface area contributed by atoms with Crippen LogP contribution < -0.4 is 10.6 Å². The van der Waals surface area contributed by atoms with Crippen molar-refractivity contribution in [3.63, 3.8) is 0 Å². The van der Waals surface area contributed by atoms with E-state index in [1.165, 1.54) is 16.8 Å². The second kappa shape index (κ2) is 7.42. The minimum atomic E-state index is -0.159. The van der Waals surface area contributed by atoms with Crippen molar-refractivity contribution in [1.29, 1.82) is 0 Å². The topological polar surface area (TPSA) is 41.1 Å². The molecule has 3 heteroatoms. The first-order valence-corrected chi connectivity index (χ1v) is 8.42. The van der Waals surface area contributed by atoms with Crippen molar-refractivity contribution in [2.45, 2.75) is 32.2 Å². The van der Waals surface area contributed by atoms with Gasteiger partial charge in [-0.2, -0.15) is 0 Å². The number of carbonyl (C=O) groups excluding carboxylic acids is 1. The lowest BCUT2D eigenvalue weighted by molar-refractivity contribution is 0.0951. The SMILES string of the molecule is CC(NCCc1ccccc1)C(=O)c1ccc2c(c1)CCCN2. The number of Topliss-reactive ketones (excluding diaryl/α,β-unsaturated/α-hetero) is 1. The van der Waals surface area contributed by atoms with Crippen molar-refractivity contribution >= 4 is 11.5 Å². The van der Waals surface area contributed by atoms with E-state index in [1.54, 1.807) is 0 Å². The largest absolute Gasteiger partial charge is 0.385 e. The number of benzene rings is 2. The van der Waals surface area contributed by atoms with Crippen LogP contribution >= 0.6 is 0 Å².